The Morgan fingerprint density at radius 2 is 1.97 bits per heavy atom. The van der Waals surface area contributed by atoms with Crippen molar-refractivity contribution in [1.29, 1.82) is 0 Å². The number of hydrogen-bond acceptors (Lipinski definition) is 5. The van der Waals surface area contributed by atoms with Gasteiger partial charge in [-0.3, -0.25) is 14.2 Å². The molecule has 2 N–H and O–H groups in total. The van der Waals surface area contributed by atoms with Gasteiger partial charge in [0.05, 0.1) is 23.7 Å². The number of amides is 1. The lowest BCUT2D eigenvalue weighted by Gasteiger charge is -2.09. The van der Waals surface area contributed by atoms with E-state index < -0.39 is 0 Å². The third-order valence-corrected chi connectivity index (χ3v) is 6.13. The summed E-state index contributed by atoms with van der Waals surface area (Å²) in [6, 6.07) is 18.7. The number of carbonyl (C=O) groups excluding carboxylic acids is 1. The second-order valence-electron chi connectivity index (χ2n) is 6.96. The van der Waals surface area contributed by atoms with Crippen LogP contribution in [0.25, 0.3) is 10.9 Å². The van der Waals surface area contributed by atoms with Crippen LogP contribution in [0, 0.1) is 4.77 Å². The van der Waals surface area contributed by atoms with Crippen LogP contribution in [-0.4, -0.2) is 27.8 Å². The first-order valence-electron chi connectivity index (χ1n) is 9.81. The van der Waals surface area contributed by atoms with Crippen molar-refractivity contribution in [2.24, 2.45) is 0 Å². The Morgan fingerprint density at radius 1 is 1.13 bits per heavy atom. The summed E-state index contributed by atoms with van der Waals surface area (Å²) in [5.74, 6) is 2.19. The molecule has 0 unspecified atom stereocenters. The van der Waals surface area contributed by atoms with Crippen LogP contribution < -0.4 is 10.9 Å². The van der Waals surface area contributed by atoms with Crippen LogP contribution >= 0.6 is 24.0 Å². The summed E-state index contributed by atoms with van der Waals surface area (Å²) in [5.41, 5.74) is 2.06. The predicted octanol–water partition coefficient (Wildman–Crippen LogP) is 4.36. The molecule has 0 saturated carbocycles. The third kappa shape index (κ3) is 5.15. The zero-order chi connectivity index (χ0) is 21.6. The normalized spacial score (nSPS) is 11.0. The molecule has 158 valence electrons. The van der Waals surface area contributed by atoms with Gasteiger partial charge >= 0.3 is 0 Å². The van der Waals surface area contributed by atoms with Crippen LogP contribution in [-0.2, 0) is 12.3 Å². The molecule has 0 fully saturated rings. The number of nitrogens with one attached hydrogen (secondary N) is 2. The minimum atomic E-state index is -0.223. The zero-order valence-corrected chi connectivity index (χ0v) is 18.3. The van der Waals surface area contributed by atoms with E-state index in [4.69, 9.17) is 16.6 Å². The molecular formula is C23H21N3O3S2. The number of aromatic nitrogens is 2. The lowest BCUT2D eigenvalue weighted by Crippen LogP contribution is -2.26. The Morgan fingerprint density at radius 3 is 2.74 bits per heavy atom. The highest BCUT2D eigenvalue weighted by atomic mass is 32.2. The Hall–Kier alpha value is -3.10. The summed E-state index contributed by atoms with van der Waals surface area (Å²) < 4.78 is 7.04. The van der Waals surface area contributed by atoms with Crippen LogP contribution in [0.1, 0.15) is 21.7 Å². The fourth-order valence-corrected chi connectivity index (χ4v) is 4.28. The molecule has 4 aromatic rings. The molecule has 1 amide bonds. The van der Waals surface area contributed by atoms with Gasteiger partial charge < -0.3 is 14.7 Å². The van der Waals surface area contributed by atoms with Gasteiger partial charge in [0.2, 0.25) is 0 Å². The molecule has 2 aromatic carbocycles. The molecule has 0 aliphatic heterocycles. The van der Waals surface area contributed by atoms with E-state index in [1.54, 1.807) is 48.4 Å². The first-order chi connectivity index (χ1) is 15.1. The highest BCUT2D eigenvalue weighted by Gasteiger charge is 2.11. The molecule has 0 atom stereocenters. The quantitative estimate of drug-likeness (QED) is 0.307. The summed E-state index contributed by atoms with van der Waals surface area (Å²) in [6.45, 7) is 0.815. The average Bonchev–Trinajstić information content (AvgIpc) is 3.30. The molecule has 0 aliphatic carbocycles. The molecule has 2 aromatic heterocycles. The standard InChI is InChI=1S/C23H21N3O3S2/c27-21(24-10-12-31-15-16-5-2-1-3-6-16)17-8-9-19-20(13-17)25-23(30)26(22(19)28)14-18-7-4-11-29-18/h1-9,11,13H,10,12,14-15H2,(H,24,27)(H,25,30). The molecule has 0 spiro atoms. The van der Waals surface area contributed by atoms with Gasteiger partial charge in [0.15, 0.2) is 4.77 Å². The molecule has 0 saturated heterocycles. The monoisotopic (exact) mass is 451 g/mol. The van der Waals surface area contributed by atoms with Crippen molar-refractivity contribution in [2.45, 2.75) is 12.3 Å². The molecule has 0 aliphatic rings. The number of thioether (sulfide) groups is 1. The maximum Gasteiger partial charge on any atom is 0.262 e. The number of hydrogen-bond donors (Lipinski definition) is 2. The summed E-state index contributed by atoms with van der Waals surface area (Å²) in [4.78, 5) is 28.4. The van der Waals surface area contributed by atoms with Crippen molar-refractivity contribution in [3.05, 3.63) is 98.9 Å². The Balaban J connectivity index is 1.40. The number of rotatable bonds is 8. The van der Waals surface area contributed by atoms with Crippen LogP contribution in [0.5, 0.6) is 0 Å². The molecule has 0 bridgehead atoms. The second-order valence-corrected chi connectivity index (χ2v) is 8.45. The molecule has 2 heterocycles. The lowest BCUT2D eigenvalue weighted by molar-refractivity contribution is 0.0956. The first kappa shape index (κ1) is 21.1. The summed E-state index contributed by atoms with van der Waals surface area (Å²) >= 11 is 7.12. The first-order valence-corrected chi connectivity index (χ1v) is 11.4. The van der Waals surface area contributed by atoms with Crippen molar-refractivity contribution in [3.63, 3.8) is 0 Å². The number of aromatic amines is 1. The number of benzene rings is 2. The van der Waals surface area contributed by atoms with E-state index in [-0.39, 0.29) is 22.8 Å². The molecule has 31 heavy (non-hydrogen) atoms. The van der Waals surface area contributed by atoms with Crippen molar-refractivity contribution >= 4 is 40.8 Å². The number of furan rings is 1. The lowest BCUT2D eigenvalue weighted by atomic mass is 10.1. The van der Waals surface area contributed by atoms with Crippen LogP contribution in [0.15, 0.2) is 76.1 Å². The van der Waals surface area contributed by atoms with E-state index in [9.17, 15) is 9.59 Å². The van der Waals surface area contributed by atoms with E-state index in [1.165, 1.54) is 10.1 Å². The summed E-state index contributed by atoms with van der Waals surface area (Å²) in [6.07, 6.45) is 1.55. The highest BCUT2D eigenvalue weighted by molar-refractivity contribution is 7.98. The number of nitrogens with zero attached hydrogens (tertiary/aromatic N) is 1. The van der Waals surface area contributed by atoms with E-state index in [1.807, 2.05) is 18.2 Å². The van der Waals surface area contributed by atoms with E-state index in [2.05, 4.69) is 22.4 Å². The molecule has 8 heteroatoms. The molecule has 6 nitrogen and oxygen atoms in total. The van der Waals surface area contributed by atoms with E-state index >= 15 is 0 Å². The van der Waals surface area contributed by atoms with E-state index in [0.717, 1.165) is 11.5 Å². The fourth-order valence-electron chi connectivity index (χ4n) is 3.20. The van der Waals surface area contributed by atoms with Gasteiger partial charge in [-0.15, -0.1) is 0 Å². The van der Waals surface area contributed by atoms with Crippen LogP contribution in [0.3, 0.4) is 0 Å². The SMILES string of the molecule is O=C(NCCSCc1ccccc1)c1ccc2c(=O)n(Cc3ccco3)c(=S)[nH]c2c1. The number of fused-ring (bicyclic) bond motifs is 1. The fraction of sp³-hybridized carbons (Fsp3) is 0.174. The van der Waals surface area contributed by atoms with Crippen LogP contribution in [0.4, 0.5) is 0 Å². The van der Waals surface area contributed by atoms with Gasteiger partial charge in [-0.05, 0) is 48.1 Å². The molecule has 0 radical (unpaired) electrons. The van der Waals surface area contributed by atoms with Crippen molar-refractivity contribution in [1.82, 2.24) is 14.9 Å². The summed E-state index contributed by atoms with van der Waals surface area (Å²) in [7, 11) is 0. The zero-order valence-electron chi connectivity index (χ0n) is 16.7. The van der Waals surface area contributed by atoms with Gasteiger partial charge in [-0.2, -0.15) is 11.8 Å². The van der Waals surface area contributed by atoms with Gasteiger partial charge in [-0.1, -0.05) is 30.3 Å². The van der Waals surface area contributed by atoms with Gasteiger partial charge in [0.25, 0.3) is 11.5 Å². The average molecular weight is 452 g/mol. The third-order valence-electron chi connectivity index (χ3n) is 4.78. The highest BCUT2D eigenvalue weighted by Crippen LogP contribution is 2.13. The Kier molecular flexibility index (Phi) is 6.69. The van der Waals surface area contributed by atoms with Gasteiger partial charge in [-0.25, -0.2) is 0 Å². The predicted molar refractivity (Wildman–Crippen MR) is 126 cm³/mol. The minimum Gasteiger partial charge on any atom is -0.467 e. The minimum absolute atomic E-state index is 0.179. The van der Waals surface area contributed by atoms with E-state index in [0.29, 0.717) is 28.8 Å². The largest absolute Gasteiger partial charge is 0.467 e. The van der Waals surface area contributed by atoms with Gasteiger partial charge in [0, 0.05) is 23.6 Å². The molecule has 4 rings (SSSR count). The maximum atomic E-state index is 12.8. The van der Waals surface area contributed by atoms with Gasteiger partial charge in [0.1, 0.15) is 5.76 Å². The van der Waals surface area contributed by atoms with Crippen molar-refractivity contribution in [2.75, 3.05) is 12.3 Å². The maximum absolute atomic E-state index is 12.8. The summed E-state index contributed by atoms with van der Waals surface area (Å²) in [5, 5.41) is 3.39. The molecular weight excluding hydrogens is 430 g/mol. The Labute approximate surface area is 188 Å². The topological polar surface area (TPSA) is 80.0 Å². The Bertz CT molecular complexity index is 1300. The second kappa shape index (κ2) is 9.80. The van der Waals surface area contributed by atoms with Crippen LogP contribution in [0.2, 0.25) is 0 Å². The number of H-pyrrole nitrogens is 1. The number of carbonyl (C=O) groups is 1. The van der Waals surface area contributed by atoms with Crippen molar-refractivity contribution < 1.29 is 9.21 Å². The van der Waals surface area contributed by atoms with Crippen molar-refractivity contribution in [3.8, 4) is 0 Å². The smallest absolute Gasteiger partial charge is 0.262 e.